The van der Waals surface area contributed by atoms with Crippen molar-refractivity contribution in [3.8, 4) is 5.88 Å². The normalized spacial score (nSPS) is 20.9. The summed E-state index contributed by atoms with van der Waals surface area (Å²) in [7, 11) is 0. The van der Waals surface area contributed by atoms with Gasteiger partial charge in [0.2, 0.25) is 5.89 Å². The molecule has 2 aromatic rings. The minimum Gasteiger partial charge on any atom is -0.465 e. The van der Waals surface area contributed by atoms with E-state index >= 15 is 0 Å². The first-order chi connectivity index (χ1) is 11.2. The summed E-state index contributed by atoms with van der Waals surface area (Å²) in [5, 5.41) is 7.78. The third-order valence-corrected chi connectivity index (χ3v) is 4.21. The molecule has 0 spiro atoms. The van der Waals surface area contributed by atoms with Crippen LogP contribution < -0.4 is 4.74 Å². The molecule has 0 aromatic carbocycles. The molecule has 1 amide bonds. The van der Waals surface area contributed by atoms with Gasteiger partial charge in [0.15, 0.2) is 12.4 Å². The van der Waals surface area contributed by atoms with Gasteiger partial charge in [-0.15, -0.1) is 0 Å². The summed E-state index contributed by atoms with van der Waals surface area (Å²) in [6, 6.07) is 1.52. The Morgan fingerprint density at radius 2 is 2.22 bits per heavy atom. The lowest BCUT2D eigenvalue weighted by atomic mass is 10.2. The van der Waals surface area contributed by atoms with Gasteiger partial charge in [0.05, 0.1) is 6.04 Å². The highest BCUT2D eigenvalue weighted by Crippen LogP contribution is 2.40. The second kappa shape index (κ2) is 5.68. The summed E-state index contributed by atoms with van der Waals surface area (Å²) in [6.07, 6.45) is 3.99. The number of carbonyl (C=O) groups is 1. The Morgan fingerprint density at radius 3 is 2.96 bits per heavy atom. The molecule has 1 aliphatic heterocycles. The van der Waals surface area contributed by atoms with E-state index in [1.165, 1.54) is 0 Å². The monoisotopic (exact) mass is 318 g/mol. The van der Waals surface area contributed by atoms with Crippen molar-refractivity contribution < 1.29 is 18.6 Å². The Bertz CT molecular complexity index is 706. The molecule has 1 saturated heterocycles. The molecule has 8 heteroatoms. The quantitative estimate of drug-likeness (QED) is 0.832. The van der Waals surface area contributed by atoms with Crippen molar-refractivity contribution in [3.63, 3.8) is 0 Å². The van der Waals surface area contributed by atoms with E-state index in [2.05, 4.69) is 15.3 Å². The van der Waals surface area contributed by atoms with Gasteiger partial charge in [-0.1, -0.05) is 5.16 Å². The molecule has 1 saturated carbocycles. The molecule has 3 heterocycles. The number of amides is 1. The minimum atomic E-state index is -0.124. The van der Waals surface area contributed by atoms with Crippen LogP contribution in [-0.4, -0.2) is 39.3 Å². The highest BCUT2D eigenvalue weighted by atomic mass is 16.5. The topological polar surface area (TPSA) is 94.5 Å². The van der Waals surface area contributed by atoms with Gasteiger partial charge in [0.1, 0.15) is 5.76 Å². The van der Waals surface area contributed by atoms with Crippen LogP contribution in [0.25, 0.3) is 0 Å². The highest BCUT2D eigenvalue weighted by Gasteiger charge is 2.36. The number of rotatable bonds is 5. The molecule has 2 aromatic heterocycles. The van der Waals surface area contributed by atoms with Gasteiger partial charge in [-0.25, -0.2) is 0 Å². The van der Waals surface area contributed by atoms with Crippen molar-refractivity contribution >= 4 is 5.91 Å². The second-order valence-electron chi connectivity index (χ2n) is 6.07. The zero-order valence-electron chi connectivity index (χ0n) is 12.9. The number of likely N-dealkylation sites (tertiary alicyclic amines) is 1. The fourth-order valence-electron chi connectivity index (χ4n) is 2.84. The van der Waals surface area contributed by atoms with Crippen LogP contribution in [0, 0.1) is 6.92 Å². The maximum atomic E-state index is 12.4. The number of hydrogen-bond donors (Lipinski definition) is 0. The van der Waals surface area contributed by atoms with Crippen LogP contribution >= 0.6 is 0 Å². The summed E-state index contributed by atoms with van der Waals surface area (Å²) < 4.78 is 15.6. The van der Waals surface area contributed by atoms with E-state index in [1.807, 2.05) is 0 Å². The van der Waals surface area contributed by atoms with Crippen molar-refractivity contribution in [1.82, 2.24) is 20.2 Å². The molecular weight excluding hydrogens is 300 g/mol. The van der Waals surface area contributed by atoms with E-state index in [-0.39, 0.29) is 18.6 Å². The summed E-state index contributed by atoms with van der Waals surface area (Å²) in [5.74, 6) is 2.59. The van der Waals surface area contributed by atoms with Crippen LogP contribution in [0.3, 0.4) is 0 Å². The Hall–Kier alpha value is -2.38. The van der Waals surface area contributed by atoms with Gasteiger partial charge in [-0.05, 0) is 37.8 Å². The lowest BCUT2D eigenvalue weighted by molar-refractivity contribution is -0.134. The zero-order chi connectivity index (χ0) is 15.8. The van der Waals surface area contributed by atoms with Crippen LogP contribution in [0.5, 0.6) is 5.88 Å². The maximum Gasteiger partial charge on any atom is 0.261 e. The van der Waals surface area contributed by atoms with Gasteiger partial charge < -0.3 is 18.7 Å². The Kier molecular flexibility index (Phi) is 3.51. The predicted molar refractivity (Wildman–Crippen MR) is 76.7 cm³/mol. The predicted octanol–water partition coefficient (Wildman–Crippen LogP) is 1.99. The SMILES string of the molecule is Cc1cc(OCC(=O)N2CCC[C@@H]2c2noc(C3CC3)n2)no1. The first-order valence-electron chi connectivity index (χ1n) is 7.90. The fourth-order valence-corrected chi connectivity index (χ4v) is 2.84. The van der Waals surface area contributed by atoms with E-state index in [4.69, 9.17) is 13.8 Å². The molecule has 122 valence electrons. The van der Waals surface area contributed by atoms with Crippen molar-refractivity contribution in [1.29, 1.82) is 0 Å². The second-order valence-corrected chi connectivity index (χ2v) is 6.07. The van der Waals surface area contributed by atoms with Crippen LogP contribution in [0.4, 0.5) is 0 Å². The number of aryl methyl sites for hydroxylation is 1. The largest absolute Gasteiger partial charge is 0.465 e. The van der Waals surface area contributed by atoms with Crippen LogP contribution in [0.2, 0.25) is 0 Å². The zero-order valence-corrected chi connectivity index (χ0v) is 12.9. The van der Waals surface area contributed by atoms with Crippen LogP contribution in [0.15, 0.2) is 15.1 Å². The number of carbonyl (C=O) groups excluding carboxylic acids is 1. The molecule has 2 fully saturated rings. The molecule has 0 bridgehead atoms. The fraction of sp³-hybridized carbons (Fsp3) is 0.600. The number of hydrogen-bond acceptors (Lipinski definition) is 7. The smallest absolute Gasteiger partial charge is 0.261 e. The molecule has 1 atom stereocenters. The van der Waals surface area contributed by atoms with Crippen LogP contribution in [0.1, 0.15) is 55.1 Å². The molecule has 1 aliphatic carbocycles. The van der Waals surface area contributed by atoms with Crippen molar-refractivity contribution in [2.75, 3.05) is 13.2 Å². The summed E-state index contributed by atoms with van der Waals surface area (Å²) in [6.45, 7) is 2.37. The molecular formula is C15H18N4O4. The number of aromatic nitrogens is 3. The highest BCUT2D eigenvalue weighted by molar-refractivity contribution is 5.78. The summed E-state index contributed by atoms with van der Waals surface area (Å²) in [4.78, 5) is 18.6. The van der Waals surface area contributed by atoms with E-state index in [1.54, 1.807) is 17.9 Å². The third kappa shape index (κ3) is 2.93. The van der Waals surface area contributed by atoms with Crippen molar-refractivity contribution in [2.24, 2.45) is 0 Å². The Morgan fingerprint density at radius 1 is 1.35 bits per heavy atom. The number of nitrogens with zero attached hydrogens (tertiary/aromatic N) is 4. The van der Waals surface area contributed by atoms with Gasteiger partial charge >= 0.3 is 0 Å². The Balaban J connectivity index is 1.40. The first-order valence-corrected chi connectivity index (χ1v) is 7.90. The summed E-state index contributed by atoms with van der Waals surface area (Å²) >= 11 is 0. The lowest BCUT2D eigenvalue weighted by Gasteiger charge is -2.21. The average molecular weight is 318 g/mol. The molecule has 8 nitrogen and oxygen atoms in total. The molecule has 2 aliphatic rings. The molecule has 23 heavy (non-hydrogen) atoms. The first kappa shape index (κ1) is 14.2. The van der Waals surface area contributed by atoms with Crippen LogP contribution in [-0.2, 0) is 4.79 Å². The summed E-state index contributed by atoms with van der Waals surface area (Å²) in [5.41, 5.74) is 0. The van der Waals surface area contributed by atoms with Crippen molar-refractivity contribution in [3.05, 3.63) is 23.5 Å². The van der Waals surface area contributed by atoms with Gasteiger partial charge in [0, 0.05) is 18.5 Å². The minimum absolute atomic E-state index is 0.0736. The van der Waals surface area contributed by atoms with E-state index in [0.29, 0.717) is 35.8 Å². The standard InChI is InChI=1S/C15H18N4O4/c1-9-7-12(17-22-9)21-8-13(20)19-6-2-3-11(19)14-16-15(23-18-14)10-4-5-10/h7,10-11H,2-6,8H2,1H3/t11-/m1/s1. The molecule has 0 N–H and O–H groups in total. The van der Waals surface area contributed by atoms with Gasteiger partial charge in [0.25, 0.3) is 11.8 Å². The number of ether oxygens (including phenoxy) is 1. The van der Waals surface area contributed by atoms with Crippen molar-refractivity contribution in [2.45, 2.75) is 44.6 Å². The lowest BCUT2D eigenvalue weighted by Crippen LogP contribution is -2.34. The third-order valence-electron chi connectivity index (χ3n) is 4.21. The van der Waals surface area contributed by atoms with E-state index in [9.17, 15) is 4.79 Å². The molecule has 0 unspecified atom stereocenters. The molecule has 0 radical (unpaired) electrons. The van der Waals surface area contributed by atoms with Gasteiger partial charge in [-0.2, -0.15) is 4.98 Å². The van der Waals surface area contributed by atoms with Gasteiger partial charge in [-0.3, -0.25) is 4.79 Å². The average Bonchev–Trinajstić information content (AvgIpc) is 2.96. The van der Waals surface area contributed by atoms with E-state index in [0.717, 1.165) is 25.7 Å². The Labute approximate surface area is 132 Å². The van der Waals surface area contributed by atoms with E-state index < -0.39 is 0 Å². The molecule has 4 rings (SSSR count). The maximum absolute atomic E-state index is 12.4.